The molecule has 0 amide bonds. The number of nitrogens with zero attached hydrogens (tertiary/aromatic N) is 1. The number of hydrogen-bond acceptors (Lipinski definition) is 4. The fourth-order valence-corrected chi connectivity index (χ4v) is 1.80. The number of nitro groups is 1. The van der Waals surface area contributed by atoms with E-state index in [-0.39, 0.29) is 12.3 Å². The zero-order valence-electron chi connectivity index (χ0n) is 9.75. The highest BCUT2D eigenvalue weighted by Crippen LogP contribution is 2.29. The monoisotopic (exact) mass is 323 g/mol. The minimum Gasteiger partial charge on any atom is -0.457 e. The SMILES string of the molecule is O=[N+]([O-])c1ccc(Oc2ccc(Br)cc2)c(CO)c1. The second-order valence-corrected chi connectivity index (χ2v) is 4.68. The van der Waals surface area contributed by atoms with Crippen molar-refractivity contribution in [3.05, 3.63) is 62.6 Å². The van der Waals surface area contributed by atoms with E-state index in [1.165, 1.54) is 18.2 Å². The molecule has 0 aromatic heterocycles. The van der Waals surface area contributed by atoms with Crippen LogP contribution in [0.25, 0.3) is 0 Å². The Morgan fingerprint density at radius 2 is 1.89 bits per heavy atom. The fraction of sp³-hybridized carbons (Fsp3) is 0.0769. The largest absolute Gasteiger partial charge is 0.457 e. The molecule has 0 spiro atoms. The summed E-state index contributed by atoms with van der Waals surface area (Å²) >= 11 is 3.31. The Balaban J connectivity index is 2.29. The van der Waals surface area contributed by atoms with Crippen LogP contribution < -0.4 is 4.74 Å². The molecule has 98 valence electrons. The smallest absolute Gasteiger partial charge is 0.270 e. The second-order valence-electron chi connectivity index (χ2n) is 3.76. The van der Waals surface area contributed by atoms with Crippen LogP contribution in [0.1, 0.15) is 5.56 Å². The minimum atomic E-state index is -0.511. The predicted molar refractivity (Wildman–Crippen MR) is 73.2 cm³/mol. The summed E-state index contributed by atoms with van der Waals surface area (Å²) in [7, 11) is 0. The summed E-state index contributed by atoms with van der Waals surface area (Å²) in [6.07, 6.45) is 0. The van der Waals surface area contributed by atoms with Gasteiger partial charge in [-0.25, -0.2) is 0 Å². The first-order valence-corrected chi connectivity index (χ1v) is 6.21. The van der Waals surface area contributed by atoms with E-state index in [1.807, 2.05) is 12.1 Å². The van der Waals surface area contributed by atoms with Gasteiger partial charge in [0.15, 0.2) is 0 Å². The first-order chi connectivity index (χ1) is 9.10. The molecule has 0 unspecified atom stereocenters. The van der Waals surface area contributed by atoms with E-state index in [9.17, 15) is 15.2 Å². The van der Waals surface area contributed by atoms with Gasteiger partial charge in [0.1, 0.15) is 11.5 Å². The third-order valence-corrected chi connectivity index (χ3v) is 3.00. The summed E-state index contributed by atoms with van der Waals surface area (Å²) in [4.78, 5) is 10.1. The van der Waals surface area contributed by atoms with Crippen LogP contribution in [0, 0.1) is 10.1 Å². The van der Waals surface area contributed by atoms with Crippen LogP contribution in [0.3, 0.4) is 0 Å². The van der Waals surface area contributed by atoms with Gasteiger partial charge < -0.3 is 9.84 Å². The highest BCUT2D eigenvalue weighted by Gasteiger charge is 2.11. The van der Waals surface area contributed by atoms with Crippen LogP contribution in [0.2, 0.25) is 0 Å². The lowest BCUT2D eigenvalue weighted by atomic mass is 10.2. The Bertz CT molecular complexity index is 598. The summed E-state index contributed by atoms with van der Waals surface area (Å²) in [5.41, 5.74) is 0.296. The molecule has 0 saturated heterocycles. The minimum absolute atomic E-state index is 0.0767. The molecule has 0 aliphatic rings. The van der Waals surface area contributed by atoms with Crippen molar-refractivity contribution in [2.45, 2.75) is 6.61 Å². The molecule has 0 saturated carbocycles. The maximum atomic E-state index is 10.7. The van der Waals surface area contributed by atoms with Crippen LogP contribution in [0.4, 0.5) is 5.69 Å². The van der Waals surface area contributed by atoms with Crippen LogP contribution in [-0.4, -0.2) is 10.0 Å². The number of halogens is 1. The molecule has 1 N–H and O–H groups in total. The average molecular weight is 324 g/mol. The lowest BCUT2D eigenvalue weighted by molar-refractivity contribution is -0.385. The molecule has 19 heavy (non-hydrogen) atoms. The van der Waals surface area contributed by atoms with E-state index < -0.39 is 4.92 Å². The van der Waals surface area contributed by atoms with Crippen LogP contribution in [0.15, 0.2) is 46.9 Å². The van der Waals surface area contributed by atoms with E-state index in [2.05, 4.69) is 15.9 Å². The van der Waals surface area contributed by atoms with E-state index in [0.717, 1.165) is 4.47 Å². The number of aliphatic hydroxyl groups excluding tert-OH is 1. The van der Waals surface area contributed by atoms with Gasteiger partial charge in [-0.1, -0.05) is 15.9 Å². The number of hydrogen-bond donors (Lipinski definition) is 1. The molecule has 2 aromatic rings. The highest BCUT2D eigenvalue weighted by atomic mass is 79.9. The van der Waals surface area contributed by atoms with Crippen molar-refractivity contribution in [3.63, 3.8) is 0 Å². The van der Waals surface area contributed by atoms with Gasteiger partial charge in [-0.3, -0.25) is 10.1 Å². The maximum absolute atomic E-state index is 10.7. The topological polar surface area (TPSA) is 72.6 Å². The van der Waals surface area contributed by atoms with Crippen molar-refractivity contribution < 1.29 is 14.8 Å². The molecule has 0 atom stereocenters. The molecule has 0 bridgehead atoms. The summed E-state index contributed by atoms with van der Waals surface area (Å²) in [6, 6.07) is 11.3. The van der Waals surface area contributed by atoms with Gasteiger partial charge in [0.25, 0.3) is 5.69 Å². The lowest BCUT2D eigenvalue weighted by Crippen LogP contribution is -1.95. The van der Waals surface area contributed by atoms with Crippen molar-refractivity contribution in [1.82, 2.24) is 0 Å². The number of rotatable bonds is 4. The molecule has 2 aromatic carbocycles. The van der Waals surface area contributed by atoms with Gasteiger partial charge in [0.2, 0.25) is 0 Å². The van der Waals surface area contributed by atoms with Gasteiger partial charge in [0.05, 0.1) is 11.5 Å². The van der Waals surface area contributed by atoms with Gasteiger partial charge in [-0.05, 0) is 30.3 Å². The van der Waals surface area contributed by atoms with Crippen LogP contribution in [0.5, 0.6) is 11.5 Å². The zero-order chi connectivity index (χ0) is 13.8. The molecule has 0 aliphatic heterocycles. The van der Waals surface area contributed by atoms with Crippen molar-refractivity contribution in [1.29, 1.82) is 0 Å². The summed E-state index contributed by atoms with van der Waals surface area (Å²) in [5.74, 6) is 0.988. The Morgan fingerprint density at radius 1 is 1.21 bits per heavy atom. The van der Waals surface area contributed by atoms with E-state index >= 15 is 0 Å². The fourth-order valence-electron chi connectivity index (χ4n) is 1.53. The van der Waals surface area contributed by atoms with Gasteiger partial charge in [-0.2, -0.15) is 0 Å². The Hall–Kier alpha value is -1.92. The van der Waals surface area contributed by atoms with Crippen molar-refractivity contribution in [2.24, 2.45) is 0 Å². The number of benzene rings is 2. The molecular weight excluding hydrogens is 314 g/mol. The average Bonchev–Trinajstić information content (AvgIpc) is 2.41. The highest BCUT2D eigenvalue weighted by molar-refractivity contribution is 9.10. The van der Waals surface area contributed by atoms with E-state index in [1.54, 1.807) is 12.1 Å². The molecule has 5 nitrogen and oxygen atoms in total. The standard InChI is InChI=1S/C13H10BrNO4/c14-10-1-4-12(5-2-10)19-13-6-3-11(15(17)18)7-9(13)8-16/h1-7,16H,8H2. The van der Waals surface area contributed by atoms with Gasteiger partial charge in [0, 0.05) is 22.2 Å². The lowest BCUT2D eigenvalue weighted by Gasteiger charge is -2.09. The van der Waals surface area contributed by atoms with Crippen molar-refractivity contribution in [2.75, 3.05) is 0 Å². The van der Waals surface area contributed by atoms with E-state index in [4.69, 9.17) is 4.74 Å². The molecule has 6 heteroatoms. The van der Waals surface area contributed by atoms with Crippen LogP contribution in [-0.2, 0) is 6.61 Å². The van der Waals surface area contributed by atoms with Crippen molar-refractivity contribution in [3.8, 4) is 11.5 Å². The number of aliphatic hydroxyl groups is 1. The maximum Gasteiger partial charge on any atom is 0.270 e. The Labute approximate surface area is 117 Å². The normalized spacial score (nSPS) is 10.2. The summed E-state index contributed by atoms with van der Waals surface area (Å²) in [5, 5.41) is 19.9. The number of nitro benzene ring substituents is 1. The Kier molecular flexibility index (Phi) is 4.13. The summed E-state index contributed by atoms with van der Waals surface area (Å²) < 4.78 is 6.51. The molecule has 0 fully saturated rings. The third-order valence-electron chi connectivity index (χ3n) is 2.47. The molecule has 2 rings (SSSR count). The zero-order valence-corrected chi connectivity index (χ0v) is 11.3. The van der Waals surface area contributed by atoms with Gasteiger partial charge >= 0.3 is 0 Å². The number of non-ortho nitro benzene ring substituents is 1. The number of ether oxygens (including phenoxy) is 1. The Morgan fingerprint density at radius 3 is 2.47 bits per heavy atom. The molecule has 0 aliphatic carbocycles. The second kappa shape index (κ2) is 5.81. The van der Waals surface area contributed by atoms with Crippen molar-refractivity contribution >= 4 is 21.6 Å². The third kappa shape index (κ3) is 3.30. The molecular formula is C13H10BrNO4. The van der Waals surface area contributed by atoms with E-state index in [0.29, 0.717) is 17.1 Å². The first-order valence-electron chi connectivity index (χ1n) is 5.42. The molecule has 0 heterocycles. The van der Waals surface area contributed by atoms with Crippen LogP contribution >= 0.6 is 15.9 Å². The van der Waals surface area contributed by atoms with Gasteiger partial charge in [-0.15, -0.1) is 0 Å². The molecule has 0 radical (unpaired) electrons. The first kappa shape index (κ1) is 13.5. The summed E-state index contributed by atoms with van der Waals surface area (Å²) in [6.45, 7) is -0.326. The quantitative estimate of drug-likeness (QED) is 0.688. The predicted octanol–water partition coefficient (Wildman–Crippen LogP) is 3.64.